The largest absolute Gasteiger partial charge is 0.373 e. The number of H-pyrrole nitrogens is 1. The molecule has 0 bridgehead atoms. The Morgan fingerprint density at radius 2 is 2.11 bits per heavy atom. The molecular formula is C21H31FN4O. The van der Waals surface area contributed by atoms with Crippen LogP contribution in [-0.4, -0.2) is 35.9 Å². The summed E-state index contributed by atoms with van der Waals surface area (Å²) in [7, 11) is 3.70. The van der Waals surface area contributed by atoms with E-state index in [2.05, 4.69) is 27.4 Å². The molecule has 1 aromatic carbocycles. The molecule has 3 rings (SSSR count). The van der Waals surface area contributed by atoms with Crippen LogP contribution < -0.4 is 5.32 Å². The number of methoxy groups -OCH3 is 1. The normalized spacial score (nSPS) is 25.9. The first-order valence-electron chi connectivity index (χ1n) is 9.85. The Hall–Kier alpha value is -1.79. The second-order valence-electron chi connectivity index (χ2n) is 8.01. The summed E-state index contributed by atoms with van der Waals surface area (Å²) in [5.41, 5.74) is 1.05. The molecule has 1 heterocycles. The summed E-state index contributed by atoms with van der Waals surface area (Å²) >= 11 is 0. The van der Waals surface area contributed by atoms with Crippen molar-refractivity contribution in [1.29, 1.82) is 0 Å². The average molecular weight is 375 g/mol. The summed E-state index contributed by atoms with van der Waals surface area (Å²) in [6.45, 7) is 7.14. The van der Waals surface area contributed by atoms with Gasteiger partial charge >= 0.3 is 0 Å². The summed E-state index contributed by atoms with van der Waals surface area (Å²) in [5.74, 6) is 1.86. The van der Waals surface area contributed by atoms with E-state index < -0.39 is 5.60 Å². The third-order valence-corrected chi connectivity index (χ3v) is 5.97. The number of benzene rings is 1. The van der Waals surface area contributed by atoms with E-state index in [-0.39, 0.29) is 17.7 Å². The molecule has 0 saturated heterocycles. The molecule has 3 atom stereocenters. The number of halogens is 1. The quantitative estimate of drug-likeness (QED) is 0.794. The van der Waals surface area contributed by atoms with Gasteiger partial charge in [0.1, 0.15) is 11.6 Å². The predicted octanol–water partition coefficient (Wildman–Crippen LogP) is 4.23. The first-order valence-corrected chi connectivity index (χ1v) is 9.85. The molecule has 5 nitrogen and oxygen atoms in total. The van der Waals surface area contributed by atoms with Gasteiger partial charge in [-0.2, -0.15) is 5.10 Å². The zero-order valence-electron chi connectivity index (χ0n) is 17.0. The second kappa shape index (κ2) is 8.07. The molecule has 27 heavy (non-hydrogen) atoms. The summed E-state index contributed by atoms with van der Waals surface area (Å²) in [6, 6.07) is 5.12. The maximum absolute atomic E-state index is 14.6. The highest BCUT2D eigenvalue weighted by Crippen LogP contribution is 2.48. The van der Waals surface area contributed by atoms with E-state index in [4.69, 9.17) is 4.74 Å². The van der Waals surface area contributed by atoms with E-state index in [1.807, 2.05) is 27.0 Å². The van der Waals surface area contributed by atoms with Crippen LogP contribution in [0.1, 0.15) is 57.3 Å². The Morgan fingerprint density at radius 3 is 2.74 bits per heavy atom. The van der Waals surface area contributed by atoms with E-state index in [1.165, 1.54) is 12.5 Å². The number of rotatable bonds is 6. The van der Waals surface area contributed by atoms with Gasteiger partial charge in [-0.05, 0) is 49.6 Å². The number of aromatic amines is 1. The molecule has 6 heteroatoms. The number of nitrogens with one attached hydrogen (secondary N) is 2. The predicted molar refractivity (Wildman–Crippen MR) is 105 cm³/mol. The van der Waals surface area contributed by atoms with Crippen LogP contribution in [0.25, 0.3) is 11.4 Å². The maximum Gasteiger partial charge on any atom is 0.181 e. The monoisotopic (exact) mass is 374 g/mol. The highest BCUT2D eigenvalue weighted by molar-refractivity contribution is 5.57. The zero-order chi connectivity index (χ0) is 19.6. The number of hydrogen-bond donors (Lipinski definition) is 2. The van der Waals surface area contributed by atoms with Crippen LogP contribution in [-0.2, 0) is 10.3 Å². The summed E-state index contributed by atoms with van der Waals surface area (Å²) in [6.07, 6.45) is 3.29. The number of hydrogen-bond acceptors (Lipinski definition) is 4. The van der Waals surface area contributed by atoms with E-state index in [9.17, 15) is 4.39 Å². The van der Waals surface area contributed by atoms with Gasteiger partial charge in [-0.1, -0.05) is 27.2 Å². The van der Waals surface area contributed by atoms with Crippen LogP contribution in [0.3, 0.4) is 0 Å². The van der Waals surface area contributed by atoms with Crippen LogP contribution in [0.15, 0.2) is 18.2 Å². The molecule has 2 N–H and O–H groups in total. The van der Waals surface area contributed by atoms with Gasteiger partial charge in [0.05, 0.1) is 5.60 Å². The molecule has 1 aliphatic carbocycles. The molecular weight excluding hydrogens is 343 g/mol. The minimum Gasteiger partial charge on any atom is -0.373 e. The van der Waals surface area contributed by atoms with Gasteiger partial charge in [-0.15, -0.1) is 0 Å². The molecule has 1 saturated carbocycles. The van der Waals surface area contributed by atoms with Crippen LogP contribution in [0, 0.1) is 17.7 Å². The Bertz CT molecular complexity index is 773. The summed E-state index contributed by atoms with van der Waals surface area (Å²) in [4.78, 5) is 4.54. The van der Waals surface area contributed by atoms with Crippen molar-refractivity contribution in [1.82, 2.24) is 20.5 Å². The van der Waals surface area contributed by atoms with Crippen molar-refractivity contribution < 1.29 is 9.13 Å². The number of nitrogens with zero attached hydrogens (tertiary/aromatic N) is 2. The lowest BCUT2D eigenvalue weighted by atomic mass is 9.65. The molecule has 1 aliphatic rings. The van der Waals surface area contributed by atoms with Crippen LogP contribution >= 0.6 is 0 Å². The SMILES string of the molecule is CNCC1CCCC(C)C1(OC)c1cc(F)cc(-c2n[nH]c(C(C)C)n2)c1. The molecule has 0 amide bonds. The first kappa shape index (κ1) is 20.0. The Labute approximate surface area is 161 Å². The topological polar surface area (TPSA) is 62.8 Å². The van der Waals surface area contributed by atoms with Crippen molar-refractivity contribution >= 4 is 0 Å². The minimum atomic E-state index is -0.519. The van der Waals surface area contributed by atoms with Crippen molar-refractivity contribution in [3.8, 4) is 11.4 Å². The molecule has 0 radical (unpaired) electrons. The third kappa shape index (κ3) is 3.65. The van der Waals surface area contributed by atoms with E-state index in [0.29, 0.717) is 17.3 Å². The Morgan fingerprint density at radius 1 is 1.33 bits per heavy atom. The van der Waals surface area contributed by atoms with Gasteiger partial charge in [-0.25, -0.2) is 9.37 Å². The highest BCUT2D eigenvalue weighted by atomic mass is 19.1. The minimum absolute atomic E-state index is 0.239. The molecule has 2 aromatic rings. The van der Waals surface area contributed by atoms with Gasteiger partial charge in [0, 0.05) is 31.1 Å². The molecule has 1 aromatic heterocycles. The van der Waals surface area contributed by atoms with Crippen molar-refractivity contribution in [2.75, 3.05) is 20.7 Å². The lowest BCUT2D eigenvalue weighted by molar-refractivity contribution is -0.125. The molecule has 1 fully saturated rings. The van der Waals surface area contributed by atoms with Crippen LogP contribution in [0.4, 0.5) is 4.39 Å². The fourth-order valence-corrected chi connectivity index (χ4v) is 4.61. The van der Waals surface area contributed by atoms with Crippen LogP contribution in [0.2, 0.25) is 0 Å². The van der Waals surface area contributed by atoms with Crippen LogP contribution in [0.5, 0.6) is 0 Å². The number of aromatic nitrogens is 3. The van der Waals surface area contributed by atoms with Gasteiger partial charge in [0.2, 0.25) is 0 Å². The zero-order valence-corrected chi connectivity index (χ0v) is 17.0. The van der Waals surface area contributed by atoms with E-state index in [1.54, 1.807) is 13.2 Å². The van der Waals surface area contributed by atoms with Crippen molar-refractivity contribution in [3.05, 3.63) is 35.4 Å². The third-order valence-electron chi connectivity index (χ3n) is 5.97. The summed E-state index contributed by atoms with van der Waals surface area (Å²) in [5, 5.41) is 10.6. The van der Waals surface area contributed by atoms with Gasteiger partial charge in [-0.3, -0.25) is 5.10 Å². The van der Waals surface area contributed by atoms with Crippen molar-refractivity contribution in [2.24, 2.45) is 11.8 Å². The molecule has 0 spiro atoms. The molecule has 148 valence electrons. The van der Waals surface area contributed by atoms with Gasteiger partial charge in [0.15, 0.2) is 5.82 Å². The highest BCUT2D eigenvalue weighted by Gasteiger charge is 2.47. The van der Waals surface area contributed by atoms with E-state index >= 15 is 0 Å². The second-order valence-corrected chi connectivity index (χ2v) is 8.01. The fraction of sp³-hybridized carbons (Fsp3) is 0.619. The Kier molecular flexibility index (Phi) is 5.96. The van der Waals surface area contributed by atoms with Crippen molar-refractivity contribution in [3.63, 3.8) is 0 Å². The standard InChI is InChI=1S/C21H31FN4O/c1-13(2)19-24-20(26-25-19)15-9-17(11-18(22)10-15)21(27-5)14(3)7-6-8-16(21)12-23-4/h9-11,13-14,16,23H,6-8,12H2,1-5H3,(H,24,25,26). The fourth-order valence-electron chi connectivity index (χ4n) is 4.61. The molecule has 0 aliphatic heterocycles. The summed E-state index contributed by atoms with van der Waals surface area (Å²) < 4.78 is 20.8. The van der Waals surface area contributed by atoms with Crippen molar-refractivity contribution in [2.45, 2.75) is 51.6 Å². The average Bonchev–Trinajstić information content (AvgIpc) is 3.13. The Balaban J connectivity index is 2.09. The van der Waals surface area contributed by atoms with E-state index in [0.717, 1.165) is 30.8 Å². The first-order chi connectivity index (χ1) is 12.9. The molecule has 3 unspecified atom stereocenters. The lowest BCUT2D eigenvalue weighted by Crippen LogP contribution is -2.49. The van der Waals surface area contributed by atoms with Gasteiger partial charge in [0.25, 0.3) is 0 Å². The number of ether oxygens (including phenoxy) is 1. The van der Waals surface area contributed by atoms with Gasteiger partial charge < -0.3 is 10.1 Å². The maximum atomic E-state index is 14.6. The smallest absolute Gasteiger partial charge is 0.181 e. The lowest BCUT2D eigenvalue weighted by Gasteiger charge is -2.48.